The van der Waals surface area contributed by atoms with Gasteiger partial charge in [0, 0.05) is 43.6 Å². The van der Waals surface area contributed by atoms with Gasteiger partial charge in [0.1, 0.15) is 5.69 Å². The average molecular weight is 368 g/mol. The van der Waals surface area contributed by atoms with Crippen LogP contribution in [0.2, 0.25) is 0 Å². The maximum Gasteiger partial charge on any atom is 0.269 e. The number of rotatable bonds is 6. The number of para-hydroxylation sites is 1. The Morgan fingerprint density at radius 3 is 2.70 bits per heavy atom. The number of amides is 2. The van der Waals surface area contributed by atoms with E-state index < -0.39 is 0 Å². The molecule has 1 fully saturated rings. The zero-order chi connectivity index (χ0) is 19.1. The predicted molar refractivity (Wildman–Crippen MR) is 103 cm³/mol. The molecule has 142 valence electrons. The van der Waals surface area contributed by atoms with Crippen LogP contribution in [0.1, 0.15) is 26.4 Å². The molecule has 0 saturated carbocycles. The van der Waals surface area contributed by atoms with Gasteiger partial charge < -0.3 is 15.4 Å². The Hall–Kier alpha value is -2.77. The van der Waals surface area contributed by atoms with Crippen LogP contribution < -0.4 is 10.6 Å². The van der Waals surface area contributed by atoms with Crippen LogP contribution in [0.5, 0.6) is 0 Å². The lowest BCUT2D eigenvalue weighted by atomic mass is 10.1. The molecule has 2 amide bonds. The van der Waals surface area contributed by atoms with E-state index >= 15 is 0 Å². The summed E-state index contributed by atoms with van der Waals surface area (Å²) in [5.41, 5.74) is 2.35. The Balaban J connectivity index is 1.56. The molecule has 0 spiro atoms. The van der Waals surface area contributed by atoms with Gasteiger partial charge in [-0.2, -0.15) is 0 Å². The minimum absolute atomic E-state index is 0.231. The molecule has 0 unspecified atom stereocenters. The molecule has 0 atom stereocenters. The first-order valence-corrected chi connectivity index (χ1v) is 9.05. The SMILES string of the molecule is Cc1ccccc1NC(=O)c1ccnc(C(=O)NCCN2CCOCC2)c1. The monoisotopic (exact) mass is 368 g/mol. The van der Waals surface area contributed by atoms with Crippen molar-refractivity contribution >= 4 is 17.5 Å². The fraction of sp³-hybridized carbons (Fsp3) is 0.350. The molecule has 2 aromatic rings. The number of pyridine rings is 1. The van der Waals surface area contributed by atoms with Gasteiger partial charge in [0.25, 0.3) is 11.8 Å². The zero-order valence-electron chi connectivity index (χ0n) is 15.4. The molecule has 1 aliphatic rings. The Bertz CT molecular complexity index is 803. The quantitative estimate of drug-likeness (QED) is 0.811. The summed E-state index contributed by atoms with van der Waals surface area (Å²) in [6.45, 7) is 6.44. The van der Waals surface area contributed by atoms with Crippen molar-refractivity contribution in [2.24, 2.45) is 0 Å². The number of morpholine rings is 1. The summed E-state index contributed by atoms with van der Waals surface area (Å²) in [5, 5.41) is 5.72. The number of aromatic nitrogens is 1. The highest BCUT2D eigenvalue weighted by Gasteiger charge is 2.14. The van der Waals surface area contributed by atoms with E-state index in [1.165, 1.54) is 12.3 Å². The highest BCUT2D eigenvalue weighted by Crippen LogP contribution is 2.14. The molecule has 0 aliphatic carbocycles. The van der Waals surface area contributed by atoms with Crippen molar-refractivity contribution in [3.05, 3.63) is 59.4 Å². The summed E-state index contributed by atoms with van der Waals surface area (Å²) in [6, 6.07) is 10.7. The zero-order valence-corrected chi connectivity index (χ0v) is 15.4. The summed E-state index contributed by atoms with van der Waals surface area (Å²) in [4.78, 5) is 31.1. The molecule has 1 aromatic heterocycles. The summed E-state index contributed by atoms with van der Waals surface area (Å²) in [5.74, 6) is -0.553. The lowest BCUT2D eigenvalue weighted by Crippen LogP contribution is -2.41. The van der Waals surface area contributed by atoms with Crippen LogP contribution in [0.15, 0.2) is 42.6 Å². The van der Waals surface area contributed by atoms with Crippen molar-refractivity contribution in [2.75, 3.05) is 44.7 Å². The van der Waals surface area contributed by atoms with Crippen molar-refractivity contribution in [3.63, 3.8) is 0 Å². The smallest absolute Gasteiger partial charge is 0.269 e. The minimum atomic E-state index is -0.284. The number of nitrogens with one attached hydrogen (secondary N) is 2. The number of carbonyl (C=O) groups is 2. The predicted octanol–water partition coefficient (Wildman–Crippen LogP) is 1.70. The number of nitrogens with zero attached hydrogens (tertiary/aromatic N) is 2. The minimum Gasteiger partial charge on any atom is -0.379 e. The first kappa shape index (κ1) is 19.0. The molecule has 0 radical (unpaired) electrons. The van der Waals surface area contributed by atoms with Gasteiger partial charge in [-0.05, 0) is 30.7 Å². The van der Waals surface area contributed by atoms with E-state index in [-0.39, 0.29) is 17.5 Å². The van der Waals surface area contributed by atoms with Crippen molar-refractivity contribution in [3.8, 4) is 0 Å². The summed E-state index contributed by atoms with van der Waals surface area (Å²) in [7, 11) is 0. The van der Waals surface area contributed by atoms with E-state index in [4.69, 9.17) is 4.74 Å². The van der Waals surface area contributed by atoms with E-state index in [1.807, 2.05) is 31.2 Å². The third kappa shape index (κ3) is 5.35. The van der Waals surface area contributed by atoms with Crippen molar-refractivity contribution in [2.45, 2.75) is 6.92 Å². The lowest BCUT2D eigenvalue weighted by molar-refractivity contribution is 0.0383. The third-order valence-corrected chi connectivity index (χ3v) is 4.47. The average Bonchev–Trinajstić information content (AvgIpc) is 2.70. The second-order valence-electron chi connectivity index (χ2n) is 6.41. The highest BCUT2D eigenvalue weighted by atomic mass is 16.5. The Kier molecular flexibility index (Phi) is 6.51. The van der Waals surface area contributed by atoms with E-state index in [0.29, 0.717) is 12.1 Å². The molecule has 3 rings (SSSR count). The van der Waals surface area contributed by atoms with Crippen LogP contribution in [0.4, 0.5) is 5.69 Å². The number of hydrogen-bond donors (Lipinski definition) is 2. The van der Waals surface area contributed by atoms with Gasteiger partial charge in [0.2, 0.25) is 0 Å². The first-order valence-electron chi connectivity index (χ1n) is 9.05. The van der Waals surface area contributed by atoms with Crippen molar-refractivity contribution in [1.29, 1.82) is 0 Å². The summed E-state index contributed by atoms with van der Waals surface area (Å²) < 4.78 is 5.31. The summed E-state index contributed by atoms with van der Waals surface area (Å²) in [6.07, 6.45) is 1.48. The molecular formula is C20H24N4O3. The Labute approximate surface area is 158 Å². The Morgan fingerprint density at radius 1 is 1.15 bits per heavy atom. The van der Waals surface area contributed by atoms with Gasteiger partial charge in [-0.25, -0.2) is 0 Å². The number of hydrogen-bond acceptors (Lipinski definition) is 5. The normalized spacial score (nSPS) is 14.6. The molecule has 2 N–H and O–H groups in total. The van der Waals surface area contributed by atoms with Crippen molar-refractivity contribution < 1.29 is 14.3 Å². The van der Waals surface area contributed by atoms with Gasteiger partial charge in [-0.1, -0.05) is 18.2 Å². The molecule has 1 aliphatic heterocycles. The Morgan fingerprint density at radius 2 is 1.93 bits per heavy atom. The van der Waals surface area contributed by atoms with Gasteiger partial charge >= 0.3 is 0 Å². The highest BCUT2D eigenvalue weighted by molar-refractivity contribution is 6.06. The number of anilines is 1. The number of ether oxygens (including phenoxy) is 1. The third-order valence-electron chi connectivity index (χ3n) is 4.47. The van der Waals surface area contributed by atoms with Crippen LogP contribution in [0.25, 0.3) is 0 Å². The fourth-order valence-electron chi connectivity index (χ4n) is 2.85. The van der Waals surface area contributed by atoms with Crippen LogP contribution >= 0.6 is 0 Å². The van der Waals surface area contributed by atoms with E-state index in [9.17, 15) is 9.59 Å². The van der Waals surface area contributed by atoms with Gasteiger partial charge in [-0.15, -0.1) is 0 Å². The van der Waals surface area contributed by atoms with Crippen molar-refractivity contribution in [1.82, 2.24) is 15.2 Å². The second-order valence-corrected chi connectivity index (χ2v) is 6.41. The first-order chi connectivity index (χ1) is 13.1. The van der Waals surface area contributed by atoms with E-state index in [2.05, 4.69) is 20.5 Å². The maximum atomic E-state index is 12.5. The molecule has 7 nitrogen and oxygen atoms in total. The number of aryl methyl sites for hydroxylation is 1. The largest absolute Gasteiger partial charge is 0.379 e. The number of carbonyl (C=O) groups excluding carboxylic acids is 2. The number of benzene rings is 1. The second kappa shape index (κ2) is 9.25. The lowest BCUT2D eigenvalue weighted by Gasteiger charge is -2.26. The van der Waals surface area contributed by atoms with E-state index in [0.717, 1.165) is 44.1 Å². The molecule has 1 aromatic carbocycles. The van der Waals surface area contributed by atoms with Crippen LogP contribution in [0.3, 0.4) is 0 Å². The molecule has 0 bridgehead atoms. The van der Waals surface area contributed by atoms with Crippen LogP contribution in [-0.4, -0.2) is 61.1 Å². The van der Waals surface area contributed by atoms with Gasteiger partial charge in [0.05, 0.1) is 13.2 Å². The van der Waals surface area contributed by atoms with E-state index in [1.54, 1.807) is 6.07 Å². The molecule has 1 saturated heterocycles. The topological polar surface area (TPSA) is 83.6 Å². The molecule has 7 heteroatoms. The molecule has 27 heavy (non-hydrogen) atoms. The van der Waals surface area contributed by atoms with Gasteiger partial charge in [0.15, 0.2) is 0 Å². The van der Waals surface area contributed by atoms with Crippen LogP contribution in [-0.2, 0) is 4.74 Å². The fourth-order valence-corrected chi connectivity index (χ4v) is 2.85. The van der Waals surface area contributed by atoms with Gasteiger partial charge in [-0.3, -0.25) is 19.5 Å². The molecule has 2 heterocycles. The standard InChI is InChI=1S/C20H24N4O3/c1-15-4-2-3-5-17(15)23-19(25)16-6-7-21-18(14-16)20(26)22-8-9-24-10-12-27-13-11-24/h2-7,14H,8-13H2,1H3,(H,22,26)(H,23,25). The van der Waals surface area contributed by atoms with Crippen LogP contribution in [0, 0.1) is 6.92 Å². The molecular weight excluding hydrogens is 344 g/mol. The summed E-state index contributed by atoms with van der Waals surface area (Å²) >= 11 is 0. The maximum absolute atomic E-state index is 12.5.